The fourth-order valence-corrected chi connectivity index (χ4v) is 3.36. The Hall–Kier alpha value is -2.21. The third-order valence-corrected chi connectivity index (χ3v) is 4.55. The van der Waals surface area contributed by atoms with Gasteiger partial charge in [0.25, 0.3) is 17.7 Å². The van der Waals surface area contributed by atoms with E-state index in [1.165, 1.54) is 11.0 Å². The van der Waals surface area contributed by atoms with Crippen molar-refractivity contribution in [3.8, 4) is 0 Å². The number of hydrogen-bond donors (Lipinski definition) is 2. The second kappa shape index (κ2) is 6.50. The maximum absolute atomic E-state index is 12.6. The van der Waals surface area contributed by atoms with Crippen molar-refractivity contribution >= 4 is 17.7 Å². The van der Waals surface area contributed by atoms with Gasteiger partial charge in [-0.2, -0.15) is 0 Å². The number of benzene rings is 1. The topological polar surface area (TPSA) is 92.5 Å². The number of nitrogens with one attached hydrogen (secondary N) is 1. The predicted molar refractivity (Wildman–Crippen MR) is 85.2 cm³/mol. The van der Waals surface area contributed by atoms with Crippen molar-refractivity contribution < 1.29 is 14.4 Å². The molecule has 1 fully saturated rings. The van der Waals surface area contributed by atoms with E-state index in [2.05, 4.69) is 5.32 Å². The summed E-state index contributed by atoms with van der Waals surface area (Å²) in [5.74, 6) is -0.786. The normalized spacial score (nSPS) is 18.2. The molecule has 1 saturated carbocycles. The van der Waals surface area contributed by atoms with Crippen LogP contribution in [0.3, 0.4) is 0 Å². The predicted octanol–water partition coefficient (Wildman–Crippen LogP) is 1.30. The number of imide groups is 1. The van der Waals surface area contributed by atoms with Crippen LogP contribution in [0.4, 0.5) is 0 Å². The average Bonchev–Trinajstić information content (AvgIpc) is 2.84. The van der Waals surface area contributed by atoms with Crippen molar-refractivity contribution in [2.45, 2.75) is 38.1 Å². The Kier molecular flexibility index (Phi) is 4.43. The fourth-order valence-electron chi connectivity index (χ4n) is 3.36. The molecular weight excluding hydrogens is 294 g/mol. The van der Waals surface area contributed by atoms with Crippen molar-refractivity contribution in [2.75, 3.05) is 13.1 Å². The molecule has 1 aliphatic heterocycles. The van der Waals surface area contributed by atoms with Gasteiger partial charge in [0.15, 0.2) is 0 Å². The van der Waals surface area contributed by atoms with Crippen LogP contribution in [-0.2, 0) is 0 Å². The summed E-state index contributed by atoms with van der Waals surface area (Å²) in [6.07, 6.45) is 4.99. The molecule has 2 aliphatic rings. The van der Waals surface area contributed by atoms with E-state index in [-0.39, 0.29) is 23.8 Å². The molecule has 1 aromatic rings. The van der Waals surface area contributed by atoms with Crippen LogP contribution < -0.4 is 11.1 Å². The van der Waals surface area contributed by atoms with Crippen molar-refractivity contribution in [1.82, 2.24) is 10.2 Å². The molecule has 0 saturated heterocycles. The monoisotopic (exact) mass is 315 g/mol. The maximum Gasteiger partial charge on any atom is 0.261 e. The molecule has 23 heavy (non-hydrogen) atoms. The highest BCUT2D eigenvalue weighted by Gasteiger charge is 2.40. The zero-order chi connectivity index (χ0) is 16.4. The van der Waals surface area contributed by atoms with Crippen LogP contribution in [0.25, 0.3) is 0 Å². The lowest BCUT2D eigenvalue weighted by molar-refractivity contribution is 0.0549. The molecule has 3 rings (SSSR count). The first-order valence-corrected chi connectivity index (χ1v) is 8.13. The van der Waals surface area contributed by atoms with E-state index < -0.39 is 0 Å². The Morgan fingerprint density at radius 2 is 1.83 bits per heavy atom. The molecule has 3 N–H and O–H groups in total. The molecule has 0 bridgehead atoms. The molecule has 1 aromatic carbocycles. The van der Waals surface area contributed by atoms with Crippen LogP contribution in [0.5, 0.6) is 0 Å². The average molecular weight is 315 g/mol. The van der Waals surface area contributed by atoms with E-state index in [0.717, 1.165) is 32.1 Å². The van der Waals surface area contributed by atoms with Crippen LogP contribution in [0.1, 0.15) is 63.2 Å². The van der Waals surface area contributed by atoms with Crippen LogP contribution in [0.15, 0.2) is 18.2 Å². The van der Waals surface area contributed by atoms with Gasteiger partial charge in [0.2, 0.25) is 0 Å². The quantitative estimate of drug-likeness (QED) is 0.819. The maximum atomic E-state index is 12.6. The second-order valence-corrected chi connectivity index (χ2v) is 6.08. The highest BCUT2D eigenvalue weighted by Crippen LogP contribution is 2.31. The molecular formula is C17H21N3O3. The SMILES string of the molecule is NCCNC(=O)c1ccc2c(c1)C(=O)N(C1CCCCC1)C2=O. The summed E-state index contributed by atoms with van der Waals surface area (Å²) in [6.45, 7) is 0.723. The number of carbonyl (C=O) groups is 3. The summed E-state index contributed by atoms with van der Waals surface area (Å²) in [4.78, 5) is 38.6. The summed E-state index contributed by atoms with van der Waals surface area (Å²) in [5.41, 5.74) is 6.48. The van der Waals surface area contributed by atoms with Crippen LogP contribution in [0.2, 0.25) is 0 Å². The molecule has 0 atom stereocenters. The van der Waals surface area contributed by atoms with Gasteiger partial charge >= 0.3 is 0 Å². The van der Waals surface area contributed by atoms with E-state index in [1.54, 1.807) is 12.1 Å². The Labute approximate surface area is 135 Å². The number of nitrogens with two attached hydrogens (primary N) is 1. The van der Waals surface area contributed by atoms with Gasteiger partial charge in [-0.05, 0) is 31.0 Å². The largest absolute Gasteiger partial charge is 0.351 e. The number of hydrogen-bond acceptors (Lipinski definition) is 4. The van der Waals surface area contributed by atoms with Gasteiger partial charge in [0, 0.05) is 24.7 Å². The summed E-state index contributed by atoms with van der Waals surface area (Å²) >= 11 is 0. The fraction of sp³-hybridized carbons (Fsp3) is 0.471. The molecule has 1 heterocycles. The van der Waals surface area contributed by atoms with Crippen molar-refractivity contribution in [2.24, 2.45) is 5.73 Å². The number of rotatable bonds is 4. The number of fused-ring (bicyclic) bond motifs is 1. The van der Waals surface area contributed by atoms with Gasteiger partial charge < -0.3 is 11.1 Å². The summed E-state index contributed by atoms with van der Waals surface area (Å²) in [7, 11) is 0. The van der Waals surface area contributed by atoms with E-state index in [0.29, 0.717) is 29.8 Å². The Morgan fingerprint density at radius 3 is 2.52 bits per heavy atom. The molecule has 122 valence electrons. The number of nitrogens with zero attached hydrogens (tertiary/aromatic N) is 1. The lowest BCUT2D eigenvalue weighted by Gasteiger charge is -2.29. The van der Waals surface area contributed by atoms with E-state index in [9.17, 15) is 14.4 Å². The second-order valence-electron chi connectivity index (χ2n) is 6.08. The highest BCUT2D eigenvalue weighted by molar-refractivity contribution is 6.22. The van der Waals surface area contributed by atoms with Crippen LogP contribution in [-0.4, -0.2) is 41.8 Å². The molecule has 1 aliphatic carbocycles. The highest BCUT2D eigenvalue weighted by atomic mass is 16.2. The van der Waals surface area contributed by atoms with Gasteiger partial charge in [-0.1, -0.05) is 19.3 Å². The number of carbonyl (C=O) groups excluding carboxylic acids is 3. The van der Waals surface area contributed by atoms with Gasteiger partial charge in [-0.15, -0.1) is 0 Å². The van der Waals surface area contributed by atoms with Crippen molar-refractivity contribution in [3.63, 3.8) is 0 Å². The van der Waals surface area contributed by atoms with Gasteiger partial charge in [-0.3, -0.25) is 19.3 Å². The van der Waals surface area contributed by atoms with Crippen molar-refractivity contribution in [1.29, 1.82) is 0 Å². The van der Waals surface area contributed by atoms with Crippen molar-refractivity contribution in [3.05, 3.63) is 34.9 Å². The smallest absolute Gasteiger partial charge is 0.261 e. The molecule has 0 radical (unpaired) electrons. The molecule has 0 aromatic heterocycles. The van der Waals surface area contributed by atoms with Crippen LogP contribution in [0, 0.1) is 0 Å². The lowest BCUT2D eigenvalue weighted by Crippen LogP contribution is -2.40. The minimum Gasteiger partial charge on any atom is -0.351 e. The molecule has 6 nitrogen and oxygen atoms in total. The molecule has 6 heteroatoms. The van der Waals surface area contributed by atoms with E-state index >= 15 is 0 Å². The van der Waals surface area contributed by atoms with Gasteiger partial charge in [0.05, 0.1) is 11.1 Å². The first kappa shape index (κ1) is 15.7. The minimum absolute atomic E-state index is 0.00864. The number of amides is 3. The third-order valence-electron chi connectivity index (χ3n) is 4.55. The van der Waals surface area contributed by atoms with E-state index in [4.69, 9.17) is 5.73 Å². The summed E-state index contributed by atoms with van der Waals surface area (Å²) in [5, 5.41) is 2.67. The van der Waals surface area contributed by atoms with E-state index in [1.807, 2.05) is 0 Å². The summed E-state index contributed by atoms with van der Waals surface area (Å²) < 4.78 is 0. The minimum atomic E-state index is -0.283. The Balaban J connectivity index is 1.85. The van der Waals surface area contributed by atoms with Gasteiger partial charge in [0.1, 0.15) is 0 Å². The first-order chi connectivity index (χ1) is 11.1. The zero-order valence-electron chi connectivity index (χ0n) is 13.0. The molecule has 3 amide bonds. The zero-order valence-corrected chi connectivity index (χ0v) is 13.0. The Bertz CT molecular complexity index is 650. The first-order valence-electron chi connectivity index (χ1n) is 8.13. The molecule has 0 unspecified atom stereocenters. The standard InChI is InChI=1S/C17H21N3O3/c18-8-9-19-15(21)11-6-7-13-14(10-11)17(23)20(16(13)22)12-4-2-1-3-5-12/h6-7,10,12H,1-5,8-9,18H2,(H,19,21). The third kappa shape index (κ3) is 2.86. The lowest BCUT2D eigenvalue weighted by atomic mass is 9.94. The molecule has 0 spiro atoms. The van der Waals surface area contributed by atoms with Gasteiger partial charge in [-0.25, -0.2) is 0 Å². The summed E-state index contributed by atoms with van der Waals surface area (Å²) in [6, 6.07) is 4.67. The Morgan fingerprint density at radius 1 is 1.13 bits per heavy atom. The van der Waals surface area contributed by atoms with Crippen LogP contribution >= 0.6 is 0 Å².